The van der Waals surface area contributed by atoms with Gasteiger partial charge in [-0.2, -0.15) is 0 Å². The maximum absolute atomic E-state index is 5.55. The molecular formula is C19H29N5O. The molecule has 2 N–H and O–H groups in total. The molecule has 1 aromatic heterocycles. The molecule has 6 nitrogen and oxygen atoms in total. The van der Waals surface area contributed by atoms with Crippen molar-refractivity contribution in [3.05, 3.63) is 42.3 Å². The molecule has 2 aromatic rings. The SMILES string of the molecule is CCC(C)N(C)CCNC(=NC)NCc1coc(-c2ccccc2)n1. The number of rotatable bonds is 8. The van der Waals surface area contributed by atoms with E-state index in [-0.39, 0.29) is 0 Å². The maximum atomic E-state index is 5.55. The second-order valence-corrected chi connectivity index (χ2v) is 6.10. The Bertz CT molecular complexity index is 653. The zero-order valence-electron chi connectivity index (χ0n) is 15.6. The fourth-order valence-corrected chi connectivity index (χ4v) is 2.38. The first-order valence-electron chi connectivity index (χ1n) is 8.78. The lowest BCUT2D eigenvalue weighted by Crippen LogP contribution is -2.42. The number of guanidine groups is 1. The molecule has 136 valence electrons. The molecular weight excluding hydrogens is 314 g/mol. The van der Waals surface area contributed by atoms with Crippen LogP contribution in [-0.2, 0) is 6.54 Å². The molecule has 2 rings (SSSR count). The van der Waals surface area contributed by atoms with Gasteiger partial charge >= 0.3 is 0 Å². The van der Waals surface area contributed by atoms with E-state index in [1.807, 2.05) is 30.3 Å². The predicted octanol–water partition coefficient (Wildman–Crippen LogP) is 2.74. The van der Waals surface area contributed by atoms with Crippen molar-refractivity contribution in [1.29, 1.82) is 0 Å². The lowest BCUT2D eigenvalue weighted by atomic mass is 10.2. The predicted molar refractivity (Wildman–Crippen MR) is 103 cm³/mol. The standard InChI is InChI=1S/C19H29N5O/c1-5-15(2)24(4)12-11-21-19(20-3)22-13-17-14-25-18(23-17)16-9-7-6-8-10-16/h6-10,14-15H,5,11-13H2,1-4H3,(H2,20,21,22). The first-order chi connectivity index (χ1) is 12.1. The van der Waals surface area contributed by atoms with E-state index in [2.05, 4.69) is 46.4 Å². The van der Waals surface area contributed by atoms with Crippen LogP contribution in [0.5, 0.6) is 0 Å². The molecule has 0 saturated heterocycles. The zero-order valence-corrected chi connectivity index (χ0v) is 15.6. The first-order valence-corrected chi connectivity index (χ1v) is 8.78. The van der Waals surface area contributed by atoms with Crippen molar-refractivity contribution < 1.29 is 4.42 Å². The van der Waals surface area contributed by atoms with Crippen LogP contribution in [0.3, 0.4) is 0 Å². The van der Waals surface area contributed by atoms with E-state index < -0.39 is 0 Å². The van der Waals surface area contributed by atoms with Crippen LogP contribution in [0, 0.1) is 0 Å². The summed E-state index contributed by atoms with van der Waals surface area (Å²) in [5.74, 6) is 1.40. The summed E-state index contributed by atoms with van der Waals surface area (Å²) >= 11 is 0. The van der Waals surface area contributed by atoms with Crippen LogP contribution >= 0.6 is 0 Å². The number of aromatic nitrogens is 1. The largest absolute Gasteiger partial charge is 0.444 e. The van der Waals surface area contributed by atoms with Crippen LogP contribution in [0.4, 0.5) is 0 Å². The van der Waals surface area contributed by atoms with Crippen molar-refractivity contribution in [2.75, 3.05) is 27.2 Å². The van der Waals surface area contributed by atoms with Gasteiger partial charge in [-0.25, -0.2) is 4.98 Å². The van der Waals surface area contributed by atoms with E-state index in [1.54, 1.807) is 13.3 Å². The molecule has 0 bridgehead atoms. The molecule has 1 heterocycles. The summed E-state index contributed by atoms with van der Waals surface area (Å²) < 4.78 is 5.55. The van der Waals surface area contributed by atoms with Crippen LogP contribution < -0.4 is 10.6 Å². The van der Waals surface area contributed by atoms with Gasteiger partial charge in [-0.05, 0) is 32.5 Å². The highest BCUT2D eigenvalue weighted by Crippen LogP contribution is 2.17. The van der Waals surface area contributed by atoms with Crippen molar-refractivity contribution in [3.8, 4) is 11.5 Å². The second kappa shape index (κ2) is 9.84. The molecule has 0 spiro atoms. The summed E-state index contributed by atoms with van der Waals surface area (Å²) in [6, 6.07) is 10.5. The van der Waals surface area contributed by atoms with E-state index >= 15 is 0 Å². The van der Waals surface area contributed by atoms with Gasteiger partial charge in [0.15, 0.2) is 5.96 Å². The van der Waals surface area contributed by atoms with E-state index in [0.717, 1.165) is 36.7 Å². The average molecular weight is 343 g/mol. The molecule has 1 atom stereocenters. The molecule has 25 heavy (non-hydrogen) atoms. The molecule has 0 saturated carbocycles. The Hall–Kier alpha value is -2.34. The number of oxazole rings is 1. The Balaban J connectivity index is 1.78. The fraction of sp³-hybridized carbons (Fsp3) is 0.474. The highest BCUT2D eigenvalue weighted by molar-refractivity contribution is 5.79. The van der Waals surface area contributed by atoms with Gasteiger partial charge in [0.1, 0.15) is 6.26 Å². The van der Waals surface area contributed by atoms with Gasteiger partial charge < -0.3 is 20.0 Å². The van der Waals surface area contributed by atoms with Crippen molar-refractivity contribution in [3.63, 3.8) is 0 Å². The molecule has 0 fully saturated rings. The van der Waals surface area contributed by atoms with E-state index in [1.165, 1.54) is 0 Å². The zero-order chi connectivity index (χ0) is 18.1. The van der Waals surface area contributed by atoms with Crippen LogP contribution in [0.1, 0.15) is 26.0 Å². The van der Waals surface area contributed by atoms with Crippen molar-refractivity contribution in [2.45, 2.75) is 32.9 Å². The van der Waals surface area contributed by atoms with Crippen molar-refractivity contribution >= 4 is 5.96 Å². The highest BCUT2D eigenvalue weighted by Gasteiger charge is 2.08. The van der Waals surface area contributed by atoms with Crippen molar-refractivity contribution in [2.24, 2.45) is 4.99 Å². The van der Waals surface area contributed by atoms with Gasteiger partial charge in [0.25, 0.3) is 0 Å². The van der Waals surface area contributed by atoms with Gasteiger partial charge in [-0.3, -0.25) is 4.99 Å². The normalized spacial score (nSPS) is 13.1. The number of benzene rings is 1. The molecule has 6 heteroatoms. The van der Waals surface area contributed by atoms with Gasteiger partial charge in [-0.15, -0.1) is 0 Å². The number of nitrogens with zero attached hydrogens (tertiary/aromatic N) is 3. The topological polar surface area (TPSA) is 65.7 Å². The Kier molecular flexibility index (Phi) is 7.47. The molecule has 0 aliphatic heterocycles. The summed E-state index contributed by atoms with van der Waals surface area (Å²) in [6.07, 6.45) is 2.83. The molecule has 0 aliphatic rings. The number of nitrogens with one attached hydrogen (secondary N) is 2. The number of aliphatic imine (C=N–C) groups is 1. The third-order valence-corrected chi connectivity index (χ3v) is 4.33. The monoisotopic (exact) mass is 343 g/mol. The van der Waals surface area contributed by atoms with Crippen LogP contribution in [0.25, 0.3) is 11.5 Å². The molecule has 1 aromatic carbocycles. The van der Waals surface area contributed by atoms with Gasteiger partial charge in [-0.1, -0.05) is 25.1 Å². The minimum atomic E-state index is 0.567. The van der Waals surface area contributed by atoms with Gasteiger partial charge in [0.05, 0.1) is 12.2 Å². The Labute approximate surface area is 150 Å². The minimum Gasteiger partial charge on any atom is -0.444 e. The molecule has 1 unspecified atom stereocenters. The quantitative estimate of drug-likeness (QED) is 0.570. The number of hydrogen-bond donors (Lipinski definition) is 2. The smallest absolute Gasteiger partial charge is 0.226 e. The fourth-order valence-electron chi connectivity index (χ4n) is 2.38. The van der Waals surface area contributed by atoms with E-state index in [4.69, 9.17) is 4.42 Å². The number of likely N-dealkylation sites (N-methyl/N-ethyl adjacent to an activating group) is 1. The molecule has 0 amide bonds. The Morgan fingerprint density at radius 2 is 2.04 bits per heavy atom. The first kappa shape index (κ1) is 19.0. The van der Waals surface area contributed by atoms with Crippen molar-refractivity contribution in [1.82, 2.24) is 20.5 Å². The molecule has 0 radical (unpaired) electrons. The average Bonchev–Trinajstić information content (AvgIpc) is 3.13. The summed E-state index contributed by atoms with van der Waals surface area (Å²) in [4.78, 5) is 11.1. The Morgan fingerprint density at radius 3 is 2.72 bits per heavy atom. The van der Waals surface area contributed by atoms with E-state index in [0.29, 0.717) is 18.5 Å². The summed E-state index contributed by atoms with van der Waals surface area (Å²) in [7, 11) is 3.92. The Morgan fingerprint density at radius 1 is 1.28 bits per heavy atom. The second-order valence-electron chi connectivity index (χ2n) is 6.10. The highest BCUT2D eigenvalue weighted by atomic mass is 16.3. The number of hydrogen-bond acceptors (Lipinski definition) is 4. The third kappa shape index (κ3) is 5.90. The van der Waals surface area contributed by atoms with Crippen LogP contribution in [0.2, 0.25) is 0 Å². The van der Waals surface area contributed by atoms with Gasteiger partial charge in [0.2, 0.25) is 5.89 Å². The third-order valence-electron chi connectivity index (χ3n) is 4.33. The van der Waals surface area contributed by atoms with E-state index in [9.17, 15) is 0 Å². The van der Waals surface area contributed by atoms with Crippen LogP contribution in [-0.4, -0.2) is 49.1 Å². The summed E-state index contributed by atoms with van der Waals surface area (Å²) in [5.41, 5.74) is 1.82. The van der Waals surface area contributed by atoms with Crippen LogP contribution in [0.15, 0.2) is 46.0 Å². The van der Waals surface area contributed by atoms with Gasteiger partial charge in [0, 0.05) is 31.7 Å². The lowest BCUT2D eigenvalue weighted by Gasteiger charge is -2.23. The lowest BCUT2D eigenvalue weighted by molar-refractivity contribution is 0.255. The molecule has 0 aliphatic carbocycles. The summed E-state index contributed by atoms with van der Waals surface area (Å²) in [6.45, 7) is 6.82. The minimum absolute atomic E-state index is 0.567. The summed E-state index contributed by atoms with van der Waals surface area (Å²) in [5, 5.41) is 6.59. The maximum Gasteiger partial charge on any atom is 0.226 e.